The van der Waals surface area contributed by atoms with Crippen LogP contribution in [0.2, 0.25) is 0 Å². The number of amides is 1. The standard InChI is InChI=1S/C16H21NO4/c1-16(2,7-5-15(19)20)17-14(18)10-11-3-4-13-12(9-11)6-8-21-13/h3-4,9H,5-8,10H2,1-2H3,(H,17,18)(H,19,20). The smallest absolute Gasteiger partial charge is 0.303 e. The molecule has 114 valence electrons. The summed E-state index contributed by atoms with van der Waals surface area (Å²) in [5.41, 5.74) is 1.58. The lowest BCUT2D eigenvalue weighted by Gasteiger charge is -2.25. The molecule has 1 aliphatic rings. The van der Waals surface area contributed by atoms with Crippen LogP contribution in [0.1, 0.15) is 37.8 Å². The molecule has 5 heteroatoms. The molecule has 0 bridgehead atoms. The quantitative estimate of drug-likeness (QED) is 0.839. The van der Waals surface area contributed by atoms with Crippen molar-refractivity contribution in [1.82, 2.24) is 5.32 Å². The van der Waals surface area contributed by atoms with E-state index in [1.165, 1.54) is 0 Å². The van der Waals surface area contributed by atoms with Crippen molar-refractivity contribution < 1.29 is 19.4 Å². The number of benzene rings is 1. The number of carboxylic acid groups (broad SMARTS) is 1. The molecule has 0 spiro atoms. The van der Waals surface area contributed by atoms with Crippen LogP contribution < -0.4 is 10.1 Å². The monoisotopic (exact) mass is 291 g/mol. The number of fused-ring (bicyclic) bond motifs is 1. The van der Waals surface area contributed by atoms with Crippen LogP contribution in [-0.4, -0.2) is 29.1 Å². The maximum absolute atomic E-state index is 12.1. The van der Waals surface area contributed by atoms with Crippen LogP contribution in [-0.2, 0) is 22.4 Å². The fourth-order valence-corrected chi connectivity index (χ4v) is 2.44. The van der Waals surface area contributed by atoms with Crippen LogP contribution in [0.15, 0.2) is 18.2 Å². The van der Waals surface area contributed by atoms with Gasteiger partial charge >= 0.3 is 5.97 Å². The molecule has 1 aromatic rings. The van der Waals surface area contributed by atoms with Gasteiger partial charge in [0.15, 0.2) is 0 Å². The number of rotatable bonds is 6. The van der Waals surface area contributed by atoms with Crippen molar-refractivity contribution in [3.8, 4) is 5.75 Å². The number of hydrogen-bond acceptors (Lipinski definition) is 3. The molecule has 0 atom stereocenters. The number of hydrogen-bond donors (Lipinski definition) is 2. The summed E-state index contributed by atoms with van der Waals surface area (Å²) >= 11 is 0. The van der Waals surface area contributed by atoms with Crippen LogP contribution in [0.5, 0.6) is 5.75 Å². The van der Waals surface area contributed by atoms with Gasteiger partial charge in [0, 0.05) is 18.4 Å². The van der Waals surface area contributed by atoms with Gasteiger partial charge in [-0.25, -0.2) is 0 Å². The lowest BCUT2D eigenvalue weighted by atomic mass is 9.97. The molecule has 0 aliphatic carbocycles. The zero-order chi connectivity index (χ0) is 15.5. The van der Waals surface area contributed by atoms with Gasteiger partial charge in [-0.15, -0.1) is 0 Å². The third-order valence-corrected chi connectivity index (χ3v) is 3.56. The second-order valence-corrected chi connectivity index (χ2v) is 6.04. The molecular weight excluding hydrogens is 270 g/mol. The van der Waals surface area contributed by atoms with Gasteiger partial charge in [-0.05, 0) is 37.5 Å². The average molecular weight is 291 g/mol. The van der Waals surface area contributed by atoms with Crippen molar-refractivity contribution >= 4 is 11.9 Å². The normalized spacial score (nSPS) is 13.4. The maximum Gasteiger partial charge on any atom is 0.303 e. The molecule has 0 unspecified atom stereocenters. The molecule has 0 radical (unpaired) electrons. The molecule has 1 aromatic carbocycles. The van der Waals surface area contributed by atoms with E-state index in [0.29, 0.717) is 19.4 Å². The topological polar surface area (TPSA) is 75.6 Å². The Labute approximate surface area is 124 Å². The highest BCUT2D eigenvalue weighted by molar-refractivity contribution is 5.79. The highest BCUT2D eigenvalue weighted by atomic mass is 16.5. The van der Waals surface area contributed by atoms with Crippen molar-refractivity contribution in [3.05, 3.63) is 29.3 Å². The molecule has 1 heterocycles. The first-order valence-electron chi connectivity index (χ1n) is 7.13. The van der Waals surface area contributed by atoms with Crippen molar-refractivity contribution in [2.45, 2.75) is 45.1 Å². The second kappa shape index (κ2) is 6.16. The summed E-state index contributed by atoms with van der Waals surface area (Å²) in [7, 11) is 0. The molecular formula is C16H21NO4. The minimum atomic E-state index is -0.851. The van der Waals surface area contributed by atoms with E-state index in [4.69, 9.17) is 9.84 Å². The van der Waals surface area contributed by atoms with E-state index in [1.807, 2.05) is 32.0 Å². The lowest BCUT2D eigenvalue weighted by Crippen LogP contribution is -2.44. The van der Waals surface area contributed by atoms with Crippen molar-refractivity contribution in [2.24, 2.45) is 0 Å². The number of carboxylic acids is 1. The molecule has 5 nitrogen and oxygen atoms in total. The Morgan fingerprint density at radius 3 is 2.86 bits per heavy atom. The van der Waals surface area contributed by atoms with Gasteiger partial charge in [0.2, 0.25) is 5.91 Å². The average Bonchev–Trinajstić information content (AvgIpc) is 2.83. The fraction of sp³-hybridized carbons (Fsp3) is 0.500. The number of carbonyl (C=O) groups is 2. The third kappa shape index (κ3) is 4.48. The first-order chi connectivity index (χ1) is 9.85. The third-order valence-electron chi connectivity index (χ3n) is 3.56. The van der Waals surface area contributed by atoms with E-state index in [9.17, 15) is 9.59 Å². The van der Waals surface area contributed by atoms with Crippen LogP contribution in [0.25, 0.3) is 0 Å². The van der Waals surface area contributed by atoms with Gasteiger partial charge in [0.1, 0.15) is 5.75 Å². The van der Waals surface area contributed by atoms with E-state index in [-0.39, 0.29) is 12.3 Å². The molecule has 21 heavy (non-hydrogen) atoms. The van der Waals surface area contributed by atoms with E-state index >= 15 is 0 Å². The Bertz CT molecular complexity index is 551. The zero-order valence-corrected chi connectivity index (χ0v) is 12.4. The van der Waals surface area contributed by atoms with Crippen LogP contribution >= 0.6 is 0 Å². The number of carbonyl (C=O) groups excluding carboxylic acids is 1. The molecule has 0 fully saturated rings. The molecule has 2 rings (SSSR count). The van der Waals surface area contributed by atoms with Gasteiger partial charge in [-0.1, -0.05) is 12.1 Å². The number of nitrogens with one attached hydrogen (secondary N) is 1. The van der Waals surface area contributed by atoms with Gasteiger partial charge in [0.05, 0.1) is 13.0 Å². The Balaban J connectivity index is 1.90. The van der Waals surface area contributed by atoms with Crippen LogP contribution in [0, 0.1) is 0 Å². The highest BCUT2D eigenvalue weighted by Gasteiger charge is 2.22. The Morgan fingerprint density at radius 2 is 2.14 bits per heavy atom. The molecule has 0 saturated carbocycles. The second-order valence-electron chi connectivity index (χ2n) is 6.04. The predicted molar refractivity (Wildman–Crippen MR) is 78.4 cm³/mol. The maximum atomic E-state index is 12.1. The minimum absolute atomic E-state index is 0.0451. The summed E-state index contributed by atoms with van der Waals surface area (Å²) in [6.07, 6.45) is 1.63. The molecule has 1 amide bonds. The van der Waals surface area contributed by atoms with Crippen molar-refractivity contribution in [3.63, 3.8) is 0 Å². The number of aliphatic carboxylic acids is 1. The minimum Gasteiger partial charge on any atom is -0.493 e. The predicted octanol–water partition coefficient (Wildman–Crippen LogP) is 1.92. The molecule has 2 N–H and O–H groups in total. The molecule has 0 saturated heterocycles. The first kappa shape index (κ1) is 15.4. The summed E-state index contributed by atoms with van der Waals surface area (Å²) in [6.45, 7) is 4.38. The van der Waals surface area contributed by atoms with E-state index in [1.54, 1.807) is 0 Å². The number of ether oxygens (including phenoxy) is 1. The zero-order valence-electron chi connectivity index (χ0n) is 12.4. The lowest BCUT2D eigenvalue weighted by molar-refractivity contribution is -0.137. The van der Waals surface area contributed by atoms with Crippen molar-refractivity contribution in [1.29, 1.82) is 0 Å². The van der Waals surface area contributed by atoms with Crippen LogP contribution in [0.4, 0.5) is 0 Å². The van der Waals surface area contributed by atoms with E-state index < -0.39 is 11.5 Å². The van der Waals surface area contributed by atoms with E-state index in [0.717, 1.165) is 23.3 Å². The highest BCUT2D eigenvalue weighted by Crippen LogP contribution is 2.26. The summed E-state index contributed by atoms with van der Waals surface area (Å²) < 4.78 is 5.44. The Morgan fingerprint density at radius 1 is 1.38 bits per heavy atom. The Kier molecular flexibility index (Phi) is 4.50. The SMILES string of the molecule is CC(C)(CCC(=O)O)NC(=O)Cc1ccc2c(c1)CCO2. The fourth-order valence-electron chi connectivity index (χ4n) is 2.44. The van der Waals surface area contributed by atoms with Crippen molar-refractivity contribution in [2.75, 3.05) is 6.61 Å². The molecule has 1 aliphatic heterocycles. The summed E-state index contributed by atoms with van der Waals surface area (Å²) in [6, 6.07) is 5.81. The largest absolute Gasteiger partial charge is 0.493 e. The first-order valence-corrected chi connectivity index (χ1v) is 7.13. The summed E-state index contributed by atoms with van der Waals surface area (Å²) in [5, 5.41) is 11.6. The van der Waals surface area contributed by atoms with Gasteiger partial charge < -0.3 is 15.2 Å². The van der Waals surface area contributed by atoms with Gasteiger partial charge in [-0.3, -0.25) is 9.59 Å². The van der Waals surface area contributed by atoms with E-state index in [2.05, 4.69) is 5.32 Å². The molecule has 0 aromatic heterocycles. The van der Waals surface area contributed by atoms with Gasteiger partial charge in [-0.2, -0.15) is 0 Å². The van der Waals surface area contributed by atoms with Gasteiger partial charge in [0.25, 0.3) is 0 Å². The Hall–Kier alpha value is -2.04. The summed E-state index contributed by atoms with van der Waals surface area (Å²) in [5.74, 6) is -0.0406. The summed E-state index contributed by atoms with van der Waals surface area (Å²) in [4.78, 5) is 22.7. The van der Waals surface area contributed by atoms with Crippen LogP contribution in [0.3, 0.4) is 0 Å².